The molecule has 2 unspecified atom stereocenters. The number of piperidine rings is 1. The molecule has 1 aliphatic heterocycles. The third kappa shape index (κ3) is 4.06. The first-order valence-electron chi connectivity index (χ1n) is 10.3. The van der Waals surface area contributed by atoms with Crippen molar-refractivity contribution < 1.29 is 13.2 Å². The Kier molecular flexibility index (Phi) is 5.44. The molecule has 4 rings (SSSR count). The molecule has 1 aliphatic carbocycles. The molecular weight excluding hydrogens is 384 g/mol. The van der Waals surface area contributed by atoms with E-state index in [4.69, 9.17) is 4.74 Å². The first-order valence-corrected chi connectivity index (χ1v) is 11.7. The topological polar surface area (TPSA) is 49.9 Å². The molecule has 156 valence electrons. The highest BCUT2D eigenvalue weighted by Crippen LogP contribution is 2.52. The van der Waals surface area contributed by atoms with E-state index in [0.29, 0.717) is 16.9 Å². The molecule has 2 atom stereocenters. The molecule has 0 N–H and O–H groups in total. The maximum atomic E-state index is 12.2. The third-order valence-electron chi connectivity index (χ3n) is 6.39. The zero-order chi connectivity index (χ0) is 20.8. The van der Waals surface area contributed by atoms with Crippen molar-refractivity contribution in [1.82, 2.24) is 9.21 Å². The summed E-state index contributed by atoms with van der Waals surface area (Å²) in [5, 5.41) is 0. The van der Waals surface area contributed by atoms with Gasteiger partial charge in [-0.2, -0.15) is 0 Å². The second-order valence-corrected chi connectivity index (χ2v) is 10.8. The predicted molar refractivity (Wildman–Crippen MR) is 115 cm³/mol. The van der Waals surface area contributed by atoms with Gasteiger partial charge in [0.25, 0.3) is 0 Å². The number of nitrogens with zero attached hydrogens (tertiary/aromatic N) is 2. The number of benzene rings is 2. The van der Waals surface area contributed by atoms with Crippen LogP contribution < -0.4 is 4.74 Å². The second kappa shape index (κ2) is 7.74. The van der Waals surface area contributed by atoms with Gasteiger partial charge in [0.1, 0.15) is 5.75 Å². The molecule has 1 heterocycles. The number of hydrogen-bond donors (Lipinski definition) is 0. The molecule has 2 aromatic carbocycles. The van der Waals surface area contributed by atoms with Crippen LogP contribution in [0.3, 0.4) is 0 Å². The molecule has 1 saturated heterocycles. The van der Waals surface area contributed by atoms with E-state index in [1.807, 2.05) is 36.4 Å². The van der Waals surface area contributed by atoms with Gasteiger partial charge < -0.3 is 9.64 Å². The van der Waals surface area contributed by atoms with Gasteiger partial charge in [-0.3, -0.25) is 0 Å². The van der Waals surface area contributed by atoms with Crippen molar-refractivity contribution in [3.8, 4) is 16.9 Å². The number of rotatable bonds is 7. The molecule has 0 radical (unpaired) electrons. The van der Waals surface area contributed by atoms with E-state index >= 15 is 0 Å². The molecule has 0 bridgehead atoms. The van der Waals surface area contributed by atoms with E-state index in [9.17, 15) is 8.42 Å². The normalized spacial score (nSPS) is 24.1. The Balaban J connectivity index is 1.33. The molecule has 0 aromatic heterocycles. The van der Waals surface area contributed by atoms with Gasteiger partial charge in [0, 0.05) is 39.1 Å². The lowest BCUT2D eigenvalue weighted by atomic mass is 10.1. The Bertz CT molecular complexity index is 941. The monoisotopic (exact) mass is 414 g/mol. The average Bonchev–Trinajstić information content (AvgIpc) is 3.15. The van der Waals surface area contributed by atoms with Gasteiger partial charge in [0.15, 0.2) is 0 Å². The first-order chi connectivity index (χ1) is 13.8. The summed E-state index contributed by atoms with van der Waals surface area (Å²) in [6, 6.07) is 15.7. The minimum absolute atomic E-state index is 0.303. The second-order valence-electron chi connectivity index (χ2n) is 8.69. The largest absolute Gasteiger partial charge is 0.493 e. The van der Waals surface area contributed by atoms with Crippen molar-refractivity contribution in [2.24, 2.45) is 17.8 Å². The molecule has 2 fully saturated rings. The number of hydrogen-bond acceptors (Lipinski definition) is 4. The molecular formula is C23H30N2O3S. The van der Waals surface area contributed by atoms with Crippen LogP contribution in [0.2, 0.25) is 0 Å². The van der Waals surface area contributed by atoms with Gasteiger partial charge in [0.2, 0.25) is 10.0 Å². The van der Waals surface area contributed by atoms with Crippen LogP contribution in [-0.4, -0.2) is 57.5 Å². The van der Waals surface area contributed by atoms with Gasteiger partial charge in [-0.15, -0.1) is 0 Å². The molecule has 0 amide bonds. The number of fused-ring (bicyclic) bond motifs is 1. The van der Waals surface area contributed by atoms with Crippen molar-refractivity contribution in [2.45, 2.75) is 24.8 Å². The van der Waals surface area contributed by atoms with Crippen LogP contribution in [0.25, 0.3) is 11.1 Å². The Hall–Kier alpha value is -1.89. The molecule has 29 heavy (non-hydrogen) atoms. The highest BCUT2D eigenvalue weighted by atomic mass is 32.2. The van der Waals surface area contributed by atoms with Crippen LogP contribution in [0.15, 0.2) is 53.4 Å². The highest BCUT2D eigenvalue weighted by molar-refractivity contribution is 7.89. The average molecular weight is 415 g/mol. The molecule has 2 aromatic rings. The number of sulfonamides is 1. The predicted octanol–water partition coefficient (Wildman–Crippen LogP) is 3.57. The van der Waals surface area contributed by atoms with E-state index in [-0.39, 0.29) is 0 Å². The van der Waals surface area contributed by atoms with Gasteiger partial charge >= 0.3 is 0 Å². The molecule has 2 aliphatic rings. The fourth-order valence-electron chi connectivity index (χ4n) is 4.32. The maximum absolute atomic E-state index is 12.2. The summed E-state index contributed by atoms with van der Waals surface area (Å²) in [4.78, 5) is 2.87. The molecule has 5 nitrogen and oxygen atoms in total. The summed E-state index contributed by atoms with van der Waals surface area (Å²) in [7, 11) is -0.319. The van der Waals surface area contributed by atoms with Crippen molar-refractivity contribution in [3.05, 3.63) is 48.5 Å². The van der Waals surface area contributed by atoms with E-state index in [1.165, 1.54) is 31.5 Å². The van der Waals surface area contributed by atoms with E-state index in [2.05, 4.69) is 18.7 Å². The summed E-state index contributed by atoms with van der Waals surface area (Å²) in [6.07, 6.45) is 0. The smallest absolute Gasteiger partial charge is 0.242 e. The Labute approximate surface area is 174 Å². The van der Waals surface area contributed by atoms with Crippen LogP contribution >= 0.6 is 0 Å². The van der Waals surface area contributed by atoms with Gasteiger partial charge in [0.05, 0.1) is 11.5 Å². The Morgan fingerprint density at radius 3 is 1.97 bits per heavy atom. The minimum atomic E-state index is -3.40. The van der Waals surface area contributed by atoms with Gasteiger partial charge in [-0.1, -0.05) is 24.3 Å². The summed E-state index contributed by atoms with van der Waals surface area (Å²) in [5.41, 5.74) is 2.03. The summed E-state index contributed by atoms with van der Waals surface area (Å²) in [5.74, 6) is 3.23. The van der Waals surface area contributed by atoms with Gasteiger partial charge in [-0.05, 0) is 61.1 Å². The molecule has 6 heteroatoms. The van der Waals surface area contributed by atoms with E-state index < -0.39 is 10.0 Å². The van der Waals surface area contributed by atoms with E-state index in [0.717, 1.165) is 35.3 Å². The SMILES string of the molecule is CC(C)N1CC2C(COc3ccc(-c4ccc(S(=O)(=O)N(C)C)cc4)cc3)C2C1. The first kappa shape index (κ1) is 20.4. The van der Waals surface area contributed by atoms with Crippen LogP contribution in [-0.2, 0) is 10.0 Å². The van der Waals surface area contributed by atoms with Crippen molar-refractivity contribution in [2.75, 3.05) is 33.8 Å². The summed E-state index contributed by atoms with van der Waals surface area (Å²) < 4.78 is 31.6. The maximum Gasteiger partial charge on any atom is 0.242 e. The highest BCUT2D eigenvalue weighted by Gasteiger charge is 2.56. The van der Waals surface area contributed by atoms with Crippen LogP contribution in [0.5, 0.6) is 5.75 Å². The van der Waals surface area contributed by atoms with Gasteiger partial charge in [-0.25, -0.2) is 12.7 Å². The fourth-order valence-corrected chi connectivity index (χ4v) is 5.22. The van der Waals surface area contributed by atoms with Crippen molar-refractivity contribution in [1.29, 1.82) is 0 Å². The third-order valence-corrected chi connectivity index (χ3v) is 8.22. The number of ether oxygens (including phenoxy) is 1. The Morgan fingerprint density at radius 1 is 0.966 bits per heavy atom. The fraction of sp³-hybridized carbons (Fsp3) is 0.478. The van der Waals surface area contributed by atoms with Crippen molar-refractivity contribution >= 4 is 10.0 Å². The Morgan fingerprint density at radius 2 is 1.48 bits per heavy atom. The standard InChI is InChI=1S/C23H30N2O3S/c1-16(2)25-13-21-22(14-25)23(21)15-28-19-9-5-17(6-10-19)18-7-11-20(12-8-18)29(26,27)24(3)4/h5-12,16,21-23H,13-15H2,1-4H3. The van der Waals surface area contributed by atoms with Crippen LogP contribution in [0.1, 0.15) is 13.8 Å². The summed E-state index contributed by atoms with van der Waals surface area (Å²) in [6.45, 7) is 7.78. The van der Waals surface area contributed by atoms with Crippen LogP contribution in [0.4, 0.5) is 0 Å². The lowest BCUT2D eigenvalue weighted by Crippen LogP contribution is -2.31. The number of likely N-dealkylation sites (tertiary alicyclic amines) is 1. The summed E-state index contributed by atoms with van der Waals surface area (Å²) >= 11 is 0. The quantitative estimate of drug-likeness (QED) is 0.695. The zero-order valence-corrected chi connectivity index (χ0v) is 18.4. The molecule has 0 spiro atoms. The van der Waals surface area contributed by atoms with Crippen LogP contribution in [0, 0.1) is 17.8 Å². The minimum Gasteiger partial charge on any atom is -0.493 e. The lowest BCUT2D eigenvalue weighted by Gasteiger charge is -2.23. The van der Waals surface area contributed by atoms with E-state index in [1.54, 1.807) is 12.1 Å². The van der Waals surface area contributed by atoms with Crippen molar-refractivity contribution in [3.63, 3.8) is 0 Å². The molecule has 1 saturated carbocycles. The lowest BCUT2D eigenvalue weighted by molar-refractivity contribution is 0.206. The zero-order valence-electron chi connectivity index (χ0n) is 17.6.